The average molecular weight is 393 g/mol. The minimum atomic E-state index is -0.562. The van der Waals surface area contributed by atoms with Gasteiger partial charge in [0.05, 0.1) is 17.7 Å². The zero-order valence-corrected chi connectivity index (χ0v) is 15.8. The molecule has 4 nitrogen and oxygen atoms in total. The van der Waals surface area contributed by atoms with Crippen LogP contribution in [0.4, 0.5) is 0 Å². The second-order valence-corrected chi connectivity index (χ2v) is 6.24. The van der Waals surface area contributed by atoms with Crippen LogP contribution >= 0.6 is 11.6 Å². The molecule has 0 bridgehead atoms. The molecule has 0 N–H and O–H groups in total. The molecule has 3 rings (SSSR count). The van der Waals surface area contributed by atoms with E-state index in [1.54, 1.807) is 86.0 Å². The molecule has 0 atom stereocenters. The smallest absolute Gasteiger partial charge is 0.345 e. The number of ether oxygens (including phenoxy) is 2. The summed E-state index contributed by atoms with van der Waals surface area (Å²) in [7, 11) is 1.57. The number of benzene rings is 3. The second kappa shape index (κ2) is 9.02. The quantitative estimate of drug-likeness (QED) is 0.242. The fourth-order valence-electron chi connectivity index (χ4n) is 2.51. The summed E-state index contributed by atoms with van der Waals surface area (Å²) in [5, 5.41) is 0.315. The number of hydrogen-bond donors (Lipinski definition) is 0. The van der Waals surface area contributed by atoms with E-state index in [1.165, 1.54) is 6.08 Å². The van der Waals surface area contributed by atoms with Crippen LogP contribution in [0.15, 0.2) is 78.9 Å². The first-order valence-corrected chi connectivity index (χ1v) is 8.88. The lowest BCUT2D eigenvalue weighted by Crippen LogP contribution is -2.09. The van der Waals surface area contributed by atoms with Crippen molar-refractivity contribution in [1.82, 2.24) is 0 Å². The van der Waals surface area contributed by atoms with Crippen molar-refractivity contribution in [3.63, 3.8) is 0 Å². The van der Waals surface area contributed by atoms with Crippen LogP contribution < -0.4 is 9.47 Å². The maximum absolute atomic E-state index is 12.4. The number of methoxy groups -OCH3 is 1. The molecule has 0 unspecified atom stereocenters. The van der Waals surface area contributed by atoms with Gasteiger partial charge >= 0.3 is 5.97 Å². The maximum Gasteiger partial charge on any atom is 0.345 e. The van der Waals surface area contributed by atoms with E-state index in [0.29, 0.717) is 27.6 Å². The number of para-hydroxylation sites is 1. The Hall–Kier alpha value is -3.37. The van der Waals surface area contributed by atoms with E-state index in [0.717, 1.165) is 0 Å². The molecular weight excluding hydrogens is 376 g/mol. The molecule has 5 heteroatoms. The third-order valence-electron chi connectivity index (χ3n) is 4.00. The summed E-state index contributed by atoms with van der Waals surface area (Å²) in [6.45, 7) is 0. The highest BCUT2D eigenvalue weighted by molar-refractivity contribution is 6.33. The highest BCUT2D eigenvalue weighted by Gasteiger charge is 2.13. The minimum absolute atomic E-state index is 0.171. The molecule has 28 heavy (non-hydrogen) atoms. The predicted molar refractivity (Wildman–Crippen MR) is 109 cm³/mol. The lowest BCUT2D eigenvalue weighted by Gasteiger charge is -2.08. The van der Waals surface area contributed by atoms with Crippen LogP contribution in [0.25, 0.3) is 6.08 Å². The summed E-state index contributed by atoms with van der Waals surface area (Å²) in [4.78, 5) is 24.8. The van der Waals surface area contributed by atoms with E-state index in [-0.39, 0.29) is 11.3 Å². The molecule has 0 fully saturated rings. The van der Waals surface area contributed by atoms with E-state index < -0.39 is 5.97 Å². The SMILES string of the molecule is COc1ccc(C(=O)C=Cc2ccccc2OC(=O)c2ccccc2Cl)cc1. The molecule has 0 saturated carbocycles. The van der Waals surface area contributed by atoms with Gasteiger partial charge < -0.3 is 9.47 Å². The number of allylic oxidation sites excluding steroid dienone is 1. The molecule has 0 aliphatic carbocycles. The maximum atomic E-state index is 12.4. The molecule has 0 amide bonds. The van der Waals surface area contributed by atoms with Crippen molar-refractivity contribution in [2.75, 3.05) is 7.11 Å². The van der Waals surface area contributed by atoms with Crippen LogP contribution in [0.2, 0.25) is 5.02 Å². The Labute approximate surface area is 168 Å². The van der Waals surface area contributed by atoms with Crippen LogP contribution in [0, 0.1) is 0 Å². The fourth-order valence-corrected chi connectivity index (χ4v) is 2.72. The number of carbonyl (C=O) groups excluding carboxylic acids is 2. The van der Waals surface area contributed by atoms with Gasteiger partial charge in [-0.1, -0.05) is 41.9 Å². The van der Waals surface area contributed by atoms with Gasteiger partial charge in [-0.2, -0.15) is 0 Å². The van der Waals surface area contributed by atoms with Gasteiger partial charge in [-0.25, -0.2) is 4.79 Å². The molecule has 0 heterocycles. The Morgan fingerprint density at radius 3 is 2.29 bits per heavy atom. The molecule has 0 aromatic heterocycles. The Morgan fingerprint density at radius 1 is 0.893 bits per heavy atom. The molecule has 0 spiro atoms. The van der Waals surface area contributed by atoms with Gasteiger partial charge in [-0.15, -0.1) is 0 Å². The van der Waals surface area contributed by atoms with E-state index in [2.05, 4.69) is 0 Å². The van der Waals surface area contributed by atoms with E-state index in [1.807, 2.05) is 0 Å². The van der Waals surface area contributed by atoms with Crippen LogP contribution in [0.5, 0.6) is 11.5 Å². The van der Waals surface area contributed by atoms with Crippen molar-refractivity contribution in [1.29, 1.82) is 0 Å². The molecule has 0 aliphatic rings. The number of esters is 1. The molecule has 3 aromatic carbocycles. The molecule has 140 valence electrons. The van der Waals surface area contributed by atoms with Crippen molar-refractivity contribution >= 4 is 29.4 Å². The Morgan fingerprint density at radius 2 is 1.57 bits per heavy atom. The van der Waals surface area contributed by atoms with Gasteiger partial charge in [0.25, 0.3) is 0 Å². The highest BCUT2D eigenvalue weighted by Crippen LogP contribution is 2.23. The third kappa shape index (κ3) is 4.67. The topological polar surface area (TPSA) is 52.6 Å². The van der Waals surface area contributed by atoms with Gasteiger partial charge in [0, 0.05) is 11.1 Å². The molecule has 0 radical (unpaired) electrons. The predicted octanol–water partition coefficient (Wildman–Crippen LogP) is 5.46. The van der Waals surface area contributed by atoms with E-state index in [4.69, 9.17) is 21.1 Å². The van der Waals surface area contributed by atoms with Crippen LogP contribution in [0.3, 0.4) is 0 Å². The summed E-state index contributed by atoms with van der Waals surface area (Å²) >= 11 is 6.05. The number of carbonyl (C=O) groups is 2. The first kappa shape index (κ1) is 19.4. The van der Waals surface area contributed by atoms with Crippen molar-refractivity contribution in [3.8, 4) is 11.5 Å². The van der Waals surface area contributed by atoms with E-state index in [9.17, 15) is 9.59 Å². The fraction of sp³-hybridized carbons (Fsp3) is 0.0435. The molecule has 3 aromatic rings. The van der Waals surface area contributed by atoms with E-state index >= 15 is 0 Å². The number of rotatable bonds is 6. The molecule has 0 saturated heterocycles. The summed E-state index contributed by atoms with van der Waals surface area (Å²) in [6.07, 6.45) is 3.05. The number of hydrogen-bond acceptors (Lipinski definition) is 4. The zero-order chi connectivity index (χ0) is 19.9. The van der Waals surface area contributed by atoms with Gasteiger partial charge in [-0.05, 0) is 54.6 Å². The third-order valence-corrected chi connectivity index (χ3v) is 4.33. The first-order chi connectivity index (χ1) is 13.6. The number of ketones is 1. The van der Waals surface area contributed by atoms with Crippen LogP contribution in [0.1, 0.15) is 26.3 Å². The van der Waals surface area contributed by atoms with Crippen molar-refractivity contribution in [3.05, 3.63) is 101 Å². The normalized spacial score (nSPS) is 10.6. The largest absolute Gasteiger partial charge is 0.497 e. The van der Waals surface area contributed by atoms with Gasteiger partial charge in [0.2, 0.25) is 0 Å². The minimum Gasteiger partial charge on any atom is -0.497 e. The lowest BCUT2D eigenvalue weighted by atomic mass is 10.1. The first-order valence-electron chi connectivity index (χ1n) is 8.50. The molecule has 0 aliphatic heterocycles. The van der Waals surface area contributed by atoms with Crippen molar-refractivity contribution < 1.29 is 19.1 Å². The standard InChI is InChI=1S/C23H17ClO4/c1-27-18-13-10-16(11-14-18)21(25)15-12-17-6-2-5-9-22(17)28-23(26)19-7-3-4-8-20(19)24/h2-15H,1H3. The van der Waals surface area contributed by atoms with Gasteiger partial charge in [0.1, 0.15) is 11.5 Å². The average Bonchev–Trinajstić information content (AvgIpc) is 2.73. The van der Waals surface area contributed by atoms with Crippen molar-refractivity contribution in [2.45, 2.75) is 0 Å². The zero-order valence-electron chi connectivity index (χ0n) is 15.1. The van der Waals surface area contributed by atoms with Crippen molar-refractivity contribution in [2.24, 2.45) is 0 Å². The Balaban J connectivity index is 1.78. The molecular formula is C23H17ClO4. The van der Waals surface area contributed by atoms with Gasteiger partial charge in [-0.3, -0.25) is 4.79 Å². The monoisotopic (exact) mass is 392 g/mol. The summed E-state index contributed by atoms with van der Waals surface area (Å²) in [5.41, 5.74) is 1.41. The van der Waals surface area contributed by atoms with Crippen LogP contribution in [-0.2, 0) is 0 Å². The summed E-state index contributed by atoms with van der Waals surface area (Å²) in [5.74, 6) is 0.284. The summed E-state index contributed by atoms with van der Waals surface area (Å²) < 4.78 is 10.6. The highest BCUT2D eigenvalue weighted by atomic mass is 35.5. The van der Waals surface area contributed by atoms with Gasteiger partial charge in [0.15, 0.2) is 5.78 Å². The Bertz CT molecular complexity index is 1020. The number of halogens is 1. The van der Waals surface area contributed by atoms with Crippen LogP contribution in [-0.4, -0.2) is 18.9 Å². The Kier molecular flexibility index (Phi) is 6.25. The lowest BCUT2D eigenvalue weighted by molar-refractivity contribution is 0.0734. The second-order valence-electron chi connectivity index (χ2n) is 5.83. The summed E-state index contributed by atoms with van der Waals surface area (Å²) in [6, 6.07) is 20.4.